The molecule has 0 aliphatic rings. The smallest absolute Gasteiger partial charge is 0.123 e. The maximum absolute atomic E-state index is 5.51. The van der Waals surface area contributed by atoms with Crippen molar-refractivity contribution >= 4 is 0 Å². The SMILES string of the molecule is CCCNC(c1ccncc1C)c1ccccc1OC. The molecule has 3 heteroatoms. The lowest BCUT2D eigenvalue weighted by atomic mass is 9.95. The van der Waals surface area contributed by atoms with Gasteiger partial charge in [0.25, 0.3) is 0 Å². The van der Waals surface area contributed by atoms with E-state index in [1.807, 2.05) is 24.5 Å². The highest BCUT2D eigenvalue weighted by Gasteiger charge is 2.18. The predicted molar refractivity (Wildman–Crippen MR) is 82.1 cm³/mol. The van der Waals surface area contributed by atoms with E-state index in [0.29, 0.717) is 0 Å². The van der Waals surface area contributed by atoms with E-state index in [1.165, 1.54) is 11.1 Å². The summed E-state index contributed by atoms with van der Waals surface area (Å²) >= 11 is 0. The maximum Gasteiger partial charge on any atom is 0.123 e. The minimum atomic E-state index is 0.133. The van der Waals surface area contributed by atoms with Crippen LogP contribution >= 0.6 is 0 Å². The lowest BCUT2D eigenvalue weighted by molar-refractivity contribution is 0.403. The highest BCUT2D eigenvalue weighted by atomic mass is 16.5. The molecule has 0 saturated carbocycles. The van der Waals surface area contributed by atoms with Gasteiger partial charge in [-0.2, -0.15) is 0 Å². The molecule has 2 aromatic rings. The zero-order valence-corrected chi connectivity index (χ0v) is 12.4. The van der Waals surface area contributed by atoms with Crippen LogP contribution in [-0.2, 0) is 0 Å². The van der Waals surface area contributed by atoms with Crippen LogP contribution < -0.4 is 10.1 Å². The van der Waals surface area contributed by atoms with Crippen LogP contribution in [0.2, 0.25) is 0 Å². The summed E-state index contributed by atoms with van der Waals surface area (Å²) in [5, 5.41) is 3.61. The molecule has 0 fully saturated rings. The summed E-state index contributed by atoms with van der Waals surface area (Å²) in [7, 11) is 1.72. The molecular formula is C17H22N2O. The lowest BCUT2D eigenvalue weighted by Crippen LogP contribution is -2.24. The molecule has 0 radical (unpaired) electrons. The summed E-state index contributed by atoms with van der Waals surface area (Å²) in [6.45, 7) is 5.23. The van der Waals surface area contributed by atoms with Gasteiger partial charge in [0, 0.05) is 18.0 Å². The Morgan fingerprint density at radius 1 is 1.20 bits per heavy atom. The second-order valence-corrected chi connectivity index (χ2v) is 4.86. The van der Waals surface area contributed by atoms with Crippen molar-refractivity contribution < 1.29 is 4.74 Å². The molecule has 1 atom stereocenters. The van der Waals surface area contributed by atoms with Crippen molar-refractivity contribution in [2.45, 2.75) is 26.3 Å². The molecule has 2 rings (SSSR count). The first-order chi connectivity index (χ1) is 9.77. The topological polar surface area (TPSA) is 34.2 Å². The minimum Gasteiger partial charge on any atom is -0.496 e. The van der Waals surface area contributed by atoms with Crippen LogP contribution in [0.1, 0.15) is 36.1 Å². The van der Waals surface area contributed by atoms with E-state index in [-0.39, 0.29) is 6.04 Å². The monoisotopic (exact) mass is 270 g/mol. The van der Waals surface area contributed by atoms with E-state index in [4.69, 9.17) is 4.74 Å². The summed E-state index contributed by atoms with van der Waals surface area (Å²) in [4.78, 5) is 4.18. The fourth-order valence-electron chi connectivity index (χ4n) is 2.39. The van der Waals surface area contributed by atoms with Gasteiger partial charge in [-0.25, -0.2) is 0 Å². The van der Waals surface area contributed by atoms with Crippen LogP contribution in [0.3, 0.4) is 0 Å². The molecule has 0 saturated heterocycles. The van der Waals surface area contributed by atoms with Crippen molar-refractivity contribution in [3.63, 3.8) is 0 Å². The van der Waals surface area contributed by atoms with E-state index in [9.17, 15) is 0 Å². The van der Waals surface area contributed by atoms with Gasteiger partial charge in [-0.15, -0.1) is 0 Å². The zero-order valence-electron chi connectivity index (χ0n) is 12.4. The van der Waals surface area contributed by atoms with E-state index in [2.05, 4.69) is 42.3 Å². The van der Waals surface area contributed by atoms with Gasteiger partial charge in [-0.05, 0) is 43.1 Å². The van der Waals surface area contributed by atoms with Crippen LogP contribution in [0.4, 0.5) is 0 Å². The Hall–Kier alpha value is -1.87. The molecule has 1 aromatic heterocycles. The molecule has 0 aliphatic heterocycles. The Balaban J connectivity index is 2.44. The first-order valence-corrected chi connectivity index (χ1v) is 7.04. The molecule has 106 valence electrons. The van der Waals surface area contributed by atoms with Crippen LogP contribution in [0, 0.1) is 6.92 Å². The Bertz CT molecular complexity index is 554. The van der Waals surface area contributed by atoms with Gasteiger partial charge in [0.15, 0.2) is 0 Å². The summed E-state index contributed by atoms with van der Waals surface area (Å²) in [5.74, 6) is 0.914. The fraction of sp³-hybridized carbons (Fsp3) is 0.353. The molecule has 3 nitrogen and oxygen atoms in total. The van der Waals surface area contributed by atoms with Gasteiger partial charge in [0.2, 0.25) is 0 Å². The Morgan fingerprint density at radius 3 is 2.70 bits per heavy atom. The van der Waals surface area contributed by atoms with Gasteiger partial charge in [-0.1, -0.05) is 25.1 Å². The standard InChI is InChI=1S/C17H22N2O/c1-4-10-19-17(14-9-11-18-12-13(14)2)15-7-5-6-8-16(15)20-3/h5-9,11-12,17,19H,4,10H2,1-3H3. The molecule has 0 amide bonds. The first-order valence-electron chi connectivity index (χ1n) is 7.04. The number of pyridine rings is 1. The third-order valence-corrected chi connectivity index (χ3v) is 3.42. The number of nitrogens with one attached hydrogen (secondary N) is 1. The van der Waals surface area contributed by atoms with Crippen molar-refractivity contribution in [1.82, 2.24) is 10.3 Å². The molecule has 1 N–H and O–H groups in total. The van der Waals surface area contributed by atoms with E-state index < -0.39 is 0 Å². The first kappa shape index (κ1) is 14.5. The minimum absolute atomic E-state index is 0.133. The van der Waals surface area contributed by atoms with Crippen molar-refractivity contribution in [2.24, 2.45) is 0 Å². The number of ether oxygens (including phenoxy) is 1. The number of aromatic nitrogens is 1. The fourth-order valence-corrected chi connectivity index (χ4v) is 2.39. The third kappa shape index (κ3) is 3.17. The van der Waals surface area contributed by atoms with Crippen LogP contribution in [0.5, 0.6) is 5.75 Å². The number of hydrogen-bond donors (Lipinski definition) is 1. The van der Waals surface area contributed by atoms with Crippen molar-refractivity contribution in [1.29, 1.82) is 0 Å². The van der Waals surface area contributed by atoms with Crippen LogP contribution in [0.15, 0.2) is 42.7 Å². The molecule has 0 bridgehead atoms. The molecule has 1 aromatic carbocycles. The summed E-state index contributed by atoms with van der Waals surface area (Å²) in [5.41, 5.74) is 3.60. The lowest BCUT2D eigenvalue weighted by Gasteiger charge is -2.23. The van der Waals surface area contributed by atoms with Crippen molar-refractivity contribution in [3.8, 4) is 5.75 Å². The normalized spacial score (nSPS) is 12.2. The average Bonchev–Trinajstić information content (AvgIpc) is 2.49. The molecule has 20 heavy (non-hydrogen) atoms. The largest absolute Gasteiger partial charge is 0.496 e. The summed E-state index contributed by atoms with van der Waals surface area (Å²) < 4.78 is 5.51. The second kappa shape index (κ2) is 7.06. The highest BCUT2D eigenvalue weighted by Crippen LogP contribution is 2.31. The number of benzene rings is 1. The van der Waals surface area contributed by atoms with Crippen molar-refractivity contribution in [3.05, 3.63) is 59.4 Å². The number of hydrogen-bond acceptors (Lipinski definition) is 3. The Kier molecular flexibility index (Phi) is 5.13. The van der Waals surface area contributed by atoms with Gasteiger partial charge in [0.1, 0.15) is 5.75 Å². The van der Waals surface area contributed by atoms with Gasteiger partial charge in [0.05, 0.1) is 13.2 Å². The molecular weight excluding hydrogens is 248 g/mol. The molecule has 1 unspecified atom stereocenters. The second-order valence-electron chi connectivity index (χ2n) is 4.86. The zero-order chi connectivity index (χ0) is 14.4. The van der Waals surface area contributed by atoms with Crippen LogP contribution in [-0.4, -0.2) is 18.6 Å². The molecule has 1 heterocycles. The van der Waals surface area contributed by atoms with E-state index >= 15 is 0 Å². The average molecular weight is 270 g/mol. The van der Waals surface area contributed by atoms with E-state index in [1.54, 1.807) is 7.11 Å². The number of aryl methyl sites for hydroxylation is 1. The van der Waals surface area contributed by atoms with E-state index in [0.717, 1.165) is 24.3 Å². The highest BCUT2D eigenvalue weighted by molar-refractivity contribution is 5.43. The quantitative estimate of drug-likeness (QED) is 0.872. The molecule has 0 aliphatic carbocycles. The Labute approximate surface area is 121 Å². The van der Waals surface area contributed by atoms with Gasteiger partial charge < -0.3 is 10.1 Å². The summed E-state index contributed by atoms with van der Waals surface area (Å²) in [6, 6.07) is 10.4. The number of para-hydroxylation sites is 1. The third-order valence-electron chi connectivity index (χ3n) is 3.42. The molecule has 0 spiro atoms. The predicted octanol–water partition coefficient (Wildman–Crippen LogP) is 3.49. The summed E-state index contributed by atoms with van der Waals surface area (Å²) in [6.07, 6.45) is 4.85. The number of rotatable bonds is 6. The maximum atomic E-state index is 5.51. The van der Waals surface area contributed by atoms with Crippen molar-refractivity contribution in [2.75, 3.05) is 13.7 Å². The number of methoxy groups -OCH3 is 1. The van der Waals surface area contributed by atoms with Gasteiger partial charge >= 0.3 is 0 Å². The number of nitrogens with zero attached hydrogens (tertiary/aromatic N) is 1. The van der Waals surface area contributed by atoms with Gasteiger partial charge in [-0.3, -0.25) is 4.98 Å². The van der Waals surface area contributed by atoms with Crippen LogP contribution in [0.25, 0.3) is 0 Å². The Morgan fingerprint density at radius 2 is 2.00 bits per heavy atom.